The van der Waals surface area contributed by atoms with Crippen molar-refractivity contribution in [3.05, 3.63) is 89.5 Å². The Hall–Kier alpha value is -13.5. The molecule has 0 spiro atoms. The number of phenols is 3. The number of primary amides is 2. The molecule has 0 bridgehead atoms. The van der Waals surface area contributed by atoms with Crippen molar-refractivity contribution in [3.8, 4) is 17.2 Å². The molecule has 1 heterocycles. The van der Waals surface area contributed by atoms with E-state index in [2.05, 4.69) is 110 Å². The first-order valence-electron chi connectivity index (χ1n) is 46.7. The van der Waals surface area contributed by atoms with Gasteiger partial charge in [-0.15, -0.1) is 0 Å². The van der Waals surface area contributed by atoms with Gasteiger partial charge in [0.15, 0.2) is 11.9 Å². The van der Waals surface area contributed by atoms with Gasteiger partial charge in [0.25, 0.3) is 0 Å². The number of aromatic hydroxyl groups is 3. The van der Waals surface area contributed by atoms with Gasteiger partial charge >= 0.3 is 5.97 Å². The van der Waals surface area contributed by atoms with E-state index in [0.717, 1.165) is 11.8 Å². The van der Waals surface area contributed by atoms with Gasteiger partial charge in [-0.1, -0.05) is 70.5 Å². The number of carbonyl (C=O) groups is 18. The standard InChI is InChI=1S/C90H143N27O24S2/c1-8-45(4)69(114-82(135)65-40-53(122)42-117(65)86(139)68(96)44(2)3)83(136)110-60(37-47-16-22-50(119)23-17-47)78(131)109-61(38-48-18-24-51(120)25-19-48)80(133)116-71(90(6,7)143)85(138)111-62(41-67(95)124)79(132)105-55(14-11-35-101-88(97)98)72(125)107-59(31-34-93)77(130)115-70(46(5)118)84(137)108-58(30-33-92)76(129)103-54(13-9-10-32-91)74(127)113-64(43-142)81(134)106-57(28-29-66(94)123)75(128)104-56(15-12-36-102-89(99)100)73(126)112-63(87(140)141)39-49-20-26-52(121)27-21-49/h16-27,44-46,53-65,68-71,118-122,142-143H,8-15,28-43,91-93,96H2,1-7H3,(H2,94,123)(H2,95,124)(H,103,129)(H,104,128)(H,105,132)(H,106,134)(H,107,125)(H,108,137)(H,109,131)(H,110,136)(H,111,138)(H,112,126)(H,113,127)(H,114,135)(H,115,130)(H,116,133)(H,140,141)(H4,97,98,101)(H4,99,100,102)/t45-,46+,53+,54-,55-,56-,57-,58+,59-,60-,61-,62-,63-,64-,65-,68-,69-,70-,71+/m0/s1. The Kier molecular flexibility index (Phi) is 51.7. The molecule has 53 heteroatoms. The lowest BCUT2D eigenvalue weighted by molar-refractivity contribution is -0.142. The highest BCUT2D eigenvalue weighted by Crippen LogP contribution is 2.25. The Morgan fingerprint density at radius 3 is 1.17 bits per heavy atom. The van der Waals surface area contributed by atoms with Gasteiger partial charge < -0.3 is 166 Å². The molecule has 0 aromatic heterocycles. The van der Waals surface area contributed by atoms with E-state index in [-0.39, 0.29) is 139 Å². The first kappa shape index (κ1) is 122. The number of nitrogens with two attached hydrogens (primary N) is 8. The molecule has 51 nitrogen and oxygen atoms in total. The molecule has 1 aliphatic rings. The number of unbranched alkanes of at least 4 members (excludes halogenated alkanes) is 1. The van der Waals surface area contributed by atoms with Crippen molar-refractivity contribution < 1.29 is 117 Å². The van der Waals surface area contributed by atoms with Gasteiger partial charge in [0.1, 0.15) is 108 Å². The van der Waals surface area contributed by atoms with Gasteiger partial charge in [-0.3, -0.25) is 92.3 Å². The van der Waals surface area contributed by atoms with Gasteiger partial charge in [0, 0.05) is 62.2 Å². The summed E-state index contributed by atoms with van der Waals surface area (Å²) in [5, 5.41) is 117. The number of nitrogens with one attached hydrogen (secondary N) is 18. The van der Waals surface area contributed by atoms with Gasteiger partial charge in [0.2, 0.25) is 100 Å². The van der Waals surface area contributed by atoms with Crippen LogP contribution in [-0.4, -0.2) is 312 Å². The number of likely N-dealkylation sites (tertiary alicyclic amines) is 1. The van der Waals surface area contributed by atoms with Crippen LogP contribution in [0, 0.1) is 22.7 Å². The fourth-order valence-corrected chi connectivity index (χ4v) is 15.2. The SMILES string of the molecule is CC[C@H](C)[C@H](NC(=O)[C@@H]1C[C@@H](O)CN1C(=O)[C@@H](N)C(C)C)C(=O)N[C@@H](Cc1ccc(O)cc1)C(=O)N[C@@H](Cc1ccc(O)cc1)C(=O)N[C@H](C(=O)N[C@@H](CC(N)=O)C(=O)N[C@@H](CCCNC(=N)N)C(=O)N[C@@H](CCN)C(=O)N[C@H](C(=O)N[C@H](CCN)C(=O)N[C@@H](CCCCN)C(=O)N[C@@H](CS)C(=O)N[C@@H](CCC(N)=O)C(=O)N[C@@H](CCCNC(=N)N)C(=O)N[C@@H](Cc1ccc(O)cc1)C(=O)O)[C@@H](C)O)C(C)(C)S. The Morgan fingerprint density at radius 1 is 0.441 bits per heavy atom. The molecule has 40 N–H and O–H groups in total. The number of carboxylic acids is 1. The van der Waals surface area contributed by atoms with Crippen LogP contribution >= 0.6 is 25.3 Å². The summed E-state index contributed by atoms with van der Waals surface area (Å²) in [7, 11) is 0. The molecule has 0 unspecified atom stereocenters. The minimum atomic E-state index is -2.02. The normalized spacial score (nSPS) is 16.4. The fourth-order valence-electron chi connectivity index (χ4n) is 14.8. The number of amides is 17. The van der Waals surface area contributed by atoms with E-state index in [4.69, 9.17) is 56.7 Å². The van der Waals surface area contributed by atoms with Crippen LogP contribution in [0.1, 0.15) is 155 Å². The molecule has 19 atom stereocenters. The number of hydrogen-bond acceptors (Lipinski definition) is 31. The van der Waals surface area contributed by atoms with Crippen molar-refractivity contribution in [1.82, 2.24) is 90.0 Å². The predicted molar refractivity (Wildman–Crippen MR) is 528 cm³/mol. The minimum absolute atomic E-state index is 0.00319. The van der Waals surface area contributed by atoms with Gasteiger partial charge in [-0.25, -0.2) is 4.79 Å². The highest BCUT2D eigenvalue weighted by Gasteiger charge is 2.46. The van der Waals surface area contributed by atoms with Crippen LogP contribution in [-0.2, 0) is 106 Å². The van der Waals surface area contributed by atoms with E-state index in [1.807, 2.05) is 0 Å². The zero-order valence-electron chi connectivity index (χ0n) is 80.9. The molecule has 1 aliphatic heterocycles. The molecule has 1 fully saturated rings. The average Bonchev–Trinajstić information content (AvgIpc) is 1.63. The van der Waals surface area contributed by atoms with Crippen LogP contribution < -0.4 is 131 Å². The number of β-amino-alcohol motifs (C(OH)–C–C–N with tert-alkyl or cyclic N) is 1. The molecule has 143 heavy (non-hydrogen) atoms. The number of rotatable bonds is 63. The van der Waals surface area contributed by atoms with Crippen molar-refractivity contribution >= 4 is 144 Å². The number of aliphatic hydroxyl groups is 2. The number of benzene rings is 3. The smallest absolute Gasteiger partial charge is 0.326 e. The van der Waals surface area contributed by atoms with Gasteiger partial charge in [0.05, 0.1) is 24.7 Å². The first-order valence-corrected chi connectivity index (χ1v) is 47.7. The van der Waals surface area contributed by atoms with Crippen LogP contribution in [0.5, 0.6) is 17.2 Å². The summed E-state index contributed by atoms with van der Waals surface area (Å²) >= 11 is 8.90. The second kappa shape index (κ2) is 60.7. The maximum absolute atomic E-state index is 15.1. The van der Waals surface area contributed by atoms with E-state index in [1.54, 1.807) is 27.7 Å². The lowest BCUT2D eigenvalue weighted by Gasteiger charge is -2.33. The second-order valence-electron chi connectivity index (χ2n) is 35.7. The lowest BCUT2D eigenvalue weighted by atomic mass is 9.96. The second-order valence-corrected chi connectivity index (χ2v) is 37.3. The molecule has 0 radical (unpaired) electrons. The molecular weight excluding hydrogens is 1910 g/mol. The highest BCUT2D eigenvalue weighted by molar-refractivity contribution is 7.81. The summed E-state index contributed by atoms with van der Waals surface area (Å²) in [6.07, 6.45) is -7.14. The van der Waals surface area contributed by atoms with Crippen LogP contribution in [0.4, 0.5) is 0 Å². The number of carbonyl (C=O) groups excluding carboxylic acids is 17. The third kappa shape index (κ3) is 42.3. The number of thiol groups is 2. The largest absolute Gasteiger partial charge is 0.508 e. The van der Waals surface area contributed by atoms with Gasteiger partial charge in [-0.2, -0.15) is 25.3 Å². The number of hydrogen-bond donors (Lipinski definition) is 34. The molecule has 4 rings (SSSR count). The molecule has 3 aromatic rings. The minimum Gasteiger partial charge on any atom is -0.508 e. The van der Waals surface area contributed by atoms with Crippen molar-refractivity contribution in [2.45, 2.75) is 271 Å². The van der Waals surface area contributed by atoms with Crippen molar-refractivity contribution in [3.63, 3.8) is 0 Å². The molecule has 0 aliphatic carbocycles. The number of aliphatic carboxylic acids is 1. The van der Waals surface area contributed by atoms with Crippen LogP contribution in [0.15, 0.2) is 72.8 Å². The number of carboxylic acid groups (broad SMARTS) is 1. The monoisotopic (exact) mass is 2050 g/mol. The number of nitrogens with zero attached hydrogens (tertiary/aromatic N) is 1. The number of phenolic OH excluding ortho intramolecular Hbond substituents is 3. The maximum atomic E-state index is 15.1. The fraction of sp³-hybridized carbons (Fsp3) is 0.578. The zero-order valence-corrected chi connectivity index (χ0v) is 82.7. The topological polar surface area (TPSA) is 880 Å². The summed E-state index contributed by atoms with van der Waals surface area (Å²) in [6, 6.07) is -9.80. The summed E-state index contributed by atoms with van der Waals surface area (Å²) in [4.78, 5) is 256. The number of aliphatic hydroxyl groups excluding tert-OH is 2. The Labute approximate surface area is 837 Å². The Bertz CT molecular complexity index is 4830. The van der Waals surface area contributed by atoms with Gasteiger partial charge in [-0.05, 0) is 170 Å². The van der Waals surface area contributed by atoms with Crippen LogP contribution in [0.2, 0.25) is 0 Å². The number of guanidine groups is 2. The van der Waals surface area contributed by atoms with Crippen LogP contribution in [0.3, 0.4) is 0 Å². The molecule has 1 saturated heterocycles. The Morgan fingerprint density at radius 2 is 0.790 bits per heavy atom. The third-order valence-corrected chi connectivity index (χ3v) is 23.8. The highest BCUT2D eigenvalue weighted by atomic mass is 32.1. The lowest BCUT2D eigenvalue weighted by Crippen LogP contribution is -2.64. The van der Waals surface area contributed by atoms with E-state index in [1.165, 1.54) is 86.6 Å². The van der Waals surface area contributed by atoms with Crippen molar-refractivity contribution in [2.75, 3.05) is 45.0 Å². The Balaban J connectivity index is 1.62. The molecular formula is C90H143N27O24S2. The van der Waals surface area contributed by atoms with E-state index in [9.17, 15) is 107 Å². The third-order valence-electron chi connectivity index (χ3n) is 23.1. The maximum Gasteiger partial charge on any atom is 0.326 e. The van der Waals surface area contributed by atoms with Crippen molar-refractivity contribution in [2.24, 2.45) is 57.7 Å². The van der Waals surface area contributed by atoms with E-state index < -0.39 is 276 Å². The van der Waals surface area contributed by atoms with Crippen LogP contribution in [0.25, 0.3) is 0 Å². The molecule has 794 valence electrons. The summed E-state index contributed by atoms with van der Waals surface area (Å²) in [6.45, 7) is 9.60. The first-order chi connectivity index (χ1) is 67.3. The summed E-state index contributed by atoms with van der Waals surface area (Å²) in [5.74, 6) is -22.5. The average molecular weight is 2050 g/mol. The van der Waals surface area contributed by atoms with Crippen molar-refractivity contribution in [1.29, 1.82) is 10.8 Å². The molecule has 0 saturated carbocycles. The summed E-state index contributed by atoms with van der Waals surface area (Å²) in [5.41, 5.74) is 47.1. The van der Waals surface area contributed by atoms with E-state index in [0.29, 0.717) is 16.7 Å². The zero-order chi connectivity index (χ0) is 107. The van der Waals surface area contributed by atoms with E-state index >= 15 is 9.59 Å². The molecule has 3 aromatic carbocycles. The quantitative estimate of drug-likeness (QED) is 0.0108. The summed E-state index contributed by atoms with van der Waals surface area (Å²) < 4.78 is -1.66. The molecule has 17 amide bonds. The predicted octanol–water partition coefficient (Wildman–Crippen LogP) is -8.79.